The normalized spacial score (nSPS) is 16.6. The maximum absolute atomic E-state index is 12.9. The summed E-state index contributed by atoms with van der Waals surface area (Å²) in [5.74, 6) is -0.831. The van der Waals surface area contributed by atoms with Crippen molar-refractivity contribution >= 4 is 24.1 Å². The number of piperidine rings is 1. The number of alkyl carbamates (subject to hydrolysis) is 1. The van der Waals surface area contributed by atoms with Crippen molar-refractivity contribution in [3.05, 3.63) is 35.9 Å². The molecule has 11 nitrogen and oxygen atoms in total. The van der Waals surface area contributed by atoms with E-state index in [9.17, 15) is 19.2 Å². The van der Waals surface area contributed by atoms with Gasteiger partial charge in [0.1, 0.15) is 11.6 Å². The highest BCUT2D eigenvalue weighted by atomic mass is 16.7. The highest BCUT2D eigenvalue weighted by Gasteiger charge is 2.35. The van der Waals surface area contributed by atoms with Crippen molar-refractivity contribution in [1.82, 2.24) is 15.5 Å². The second-order valence-electron chi connectivity index (χ2n) is 12.2. The number of amides is 3. The van der Waals surface area contributed by atoms with Crippen LogP contribution in [0.15, 0.2) is 30.3 Å². The Morgan fingerprint density at radius 2 is 1.72 bits per heavy atom. The van der Waals surface area contributed by atoms with E-state index in [2.05, 4.69) is 10.6 Å². The average molecular weight is 606 g/mol. The molecule has 0 aromatic heterocycles. The zero-order valence-electron chi connectivity index (χ0n) is 26.7. The van der Waals surface area contributed by atoms with Gasteiger partial charge in [-0.05, 0) is 64.4 Å². The van der Waals surface area contributed by atoms with E-state index in [1.54, 1.807) is 32.8 Å². The molecule has 242 valence electrons. The predicted octanol–water partition coefficient (Wildman–Crippen LogP) is 5.13. The molecule has 11 heteroatoms. The molecule has 0 spiro atoms. The fraction of sp³-hybridized carbons (Fsp3) is 0.688. The van der Waals surface area contributed by atoms with Gasteiger partial charge in [-0.3, -0.25) is 9.59 Å². The van der Waals surface area contributed by atoms with Crippen LogP contribution in [-0.4, -0.2) is 80.2 Å². The predicted molar refractivity (Wildman–Crippen MR) is 162 cm³/mol. The highest BCUT2D eigenvalue weighted by Crippen LogP contribution is 2.31. The Labute approximate surface area is 256 Å². The molecule has 2 N–H and O–H groups in total. The van der Waals surface area contributed by atoms with Gasteiger partial charge in [0.2, 0.25) is 12.7 Å². The van der Waals surface area contributed by atoms with Crippen LogP contribution in [0.2, 0.25) is 0 Å². The molecule has 1 aromatic carbocycles. The highest BCUT2D eigenvalue weighted by molar-refractivity contribution is 5.85. The number of nitrogens with one attached hydrogen (secondary N) is 2. The zero-order chi connectivity index (χ0) is 31.8. The minimum absolute atomic E-state index is 0.0175. The first-order valence-electron chi connectivity index (χ1n) is 15.3. The Bertz CT molecular complexity index is 1010. The maximum Gasteiger partial charge on any atom is 0.412 e. The molecule has 3 atom stereocenters. The van der Waals surface area contributed by atoms with Crippen molar-refractivity contribution < 1.29 is 38.1 Å². The van der Waals surface area contributed by atoms with Crippen LogP contribution in [0.5, 0.6) is 0 Å². The van der Waals surface area contributed by atoms with Gasteiger partial charge in [-0.2, -0.15) is 0 Å². The lowest BCUT2D eigenvalue weighted by molar-refractivity contribution is -0.152. The topological polar surface area (TPSA) is 132 Å². The third-order valence-corrected chi connectivity index (χ3v) is 7.20. The van der Waals surface area contributed by atoms with Crippen LogP contribution in [0.1, 0.15) is 91.0 Å². The number of esters is 1. The second kappa shape index (κ2) is 18.4. The van der Waals surface area contributed by atoms with Gasteiger partial charge < -0.3 is 34.5 Å². The van der Waals surface area contributed by atoms with E-state index in [1.165, 1.54) is 0 Å². The number of nitrogens with zero attached hydrogens (tertiary/aromatic N) is 1. The Hall–Kier alpha value is -3.34. The summed E-state index contributed by atoms with van der Waals surface area (Å²) in [6.45, 7) is 10.0. The van der Waals surface area contributed by atoms with Crippen LogP contribution in [0, 0.1) is 5.92 Å². The van der Waals surface area contributed by atoms with Gasteiger partial charge in [0.15, 0.2) is 0 Å². The van der Waals surface area contributed by atoms with E-state index in [-0.39, 0.29) is 30.2 Å². The minimum atomic E-state index is -0.711. The van der Waals surface area contributed by atoms with Gasteiger partial charge in [-0.25, -0.2) is 9.59 Å². The van der Waals surface area contributed by atoms with Crippen molar-refractivity contribution in [2.75, 3.05) is 33.6 Å². The summed E-state index contributed by atoms with van der Waals surface area (Å²) in [7, 11) is 1.66. The molecule has 0 saturated carbocycles. The number of hydrogen-bond donors (Lipinski definition) is 2. The summed E-state index contributed by atoms with van der Waals surface area (Å²) in [6.07, 6.45) is 3.71. The van der Waals surface area contributed by atoms with Gasteiger partial charge in [0.25, 0.3) is 0 Å². The molecule has 1 aliphatic rings. The Balaban J connectivity index is 1.68. The molecular formula is C32H51N3O8. The summed E-state index contributed by atoms with van der Waals surface area (Å²) in [5.41, 5.74) is 0.453. The van der Waals surface area contributed by atoms with Crippen LogP contribution in [0.25, 0.3) is 0 Å². The Morgan fingerprint density at radius 1 is 1.00 bits per heavy atom. The lowest BCUT2D eigenvalue weighted by atomic mass is 9.86. The van der Waals surface area contributed by atoms with E-state index >= 15 is 0 Å². The van der Waals surface area contributed by atoms with Crippen molar-refractivity contribution in [2.24, 2.45) is 5.92 Å². The molecule has 3 unspecified atom stereocenters. The summed E-state index contributed by atoms with van der Waals surface area (Å²) in [5, 5.41) is 5.46. The Morgan fingerprint density at radius 3 is 2.37 bits per heavy atom. The lowest BCUT2D eigenvalue weighted by Crippen LogP contribution is -2.51. The maximum atomic E-state index is 12.9. The molecule has 0 bridgehead atoms. The van der Waals surface area contributed by atoms with Gasteiger partial charge in [0.05, 0.1) is 6.61 Å². The SMILES string of the molecule is COCC(c1ccccc1)C1CCCCN1C(=O)OCOC(=O)CCCCCNC(=O)C(NC(=O)OC(C)(C)C)C(C)C. The van der Waals surface area contributed by atoms with Crippen LogP contribution in [-0.2, 0) is 28.5 Å². The third-order valence-electron chi connectivity index (χ3n) is 7.20. The fourth-order valence-electron chi connectivity index (χ4n) is 5.07. The number of benzene rings is 1. The number of likely N-dealkylation sites (tertiary alicyclic amines) is 1. The van der Waals surface area contributed by atoms with E-state index in [0.717, 1.165) is 24.8 Å². The summed E-state index contributed by atoms with van der Waals surface area (Å²) >= 11 is 0. The van der Waals surface area contributed by atoms with E-state index in [0.29, 0.717) is 39.0 Å². The van der Waals surface area contributed by atoms with Crippen molar-refractivity contribution in [1.29, 1.82) is 0 Å². The van der Waals surface area contributed by atoms with Crippen LogP contribution < -0.4 is 10.6 Å². The molecule has 1 heterocycles. The van der Waals surface area contributed by atoms with E-state index < -0.39 is 36.6 Å². The molecule has 0 aliphatic carbocycles. The lowest BCUT2D eigenvalue weighted by Gasteiger charge is -2.39. The van der Waals surface area contributed by atoms with Gasteiger partial charge in [-0.1, -0.05) is 50.6 Å². The number of hydrogen-bond acceptors (Lipinski definition) is 8. The summed E-state index contributed by atoms with van der Waals surface area (Å²) in [4.78, 5) is 51.5. The summed E-state index contributed by atoms with van der Waals surface area (Å²) in [6, 6.07) is 9.24. The molecule has 0 radical (unpaired) electrons. The number of ether oxygens (including phenoxy) is 4. The van der Waals surface area contributed by atoms with E-state index in [1.807, 2.05) is 44.2 Å². The quantitative estimate of drug-likeness (QED) is 0.160. The second-order valence-corrected chi connectivity index (χ2v) is 12.2. The first kappa shape index (κ1) is 35.9. The van der Waals surface area contributed by atoms with Crippen LogP contribution in [0.3, 0.4) is 0 Å². The zero-order valence-corrected chi connectivity index (χ0v) is 26.7. The average Bonchev–Trinajstić information content (AvgIpc) is 2.95. The molecule has 2 rings (SSSR count). The first-order chi connectivity index (χ1) is 20.4. The molecular weight excluding hydrogens is 554 g/mol. The molecule has 43 heavy (non-hydrogen) atoms. The summed E-state index contributed by atoms with van der Waals surface area (Å²) < 4.78 is 21.2. The molecule has 1 fully saturated rings. The number of carbonyl (C=O) groups is 4. The number of rotatable bonds is 15. The third kappa shape index (κ3) is 13.2. The molecule has 1 aliphatic heterocycles. The smallest absolute Gasteiger partial charge is 0.412 e. The van der Waals surface area contributed by atoms with Gasteiger partial charge >= 0.3 is 18.2 Å². The molecule has 3 amide bonds. The van der Waals surface area contributed by atoms with Crippen molar-refractivity contribution in [2.45, 2.75) is 103 Å². The minimum Gasteiger partial charge on any atom is -0.444 e. The van der Waals surface area contributed by atoms with Crippen molar-refractivity contribution in [3.8, 4) is 0 Å². The number of methoxy groups -OCH3 is 1. The van der Waals surface area contributed by atoms with Crippen molar-refractivity contribution in [3.63, 3.8) is 0 Å². The Kier molecular flexibility index (Phi) is 15.3. The number of carbonyl (C=O) groups excluding carboxylic acids is 4. The van der Waals surface area contributed by atoms with Gasteiger partial charge in [-0.15, -0.1) is 0 Å². The van der Waals surface area contributed by atoms with Gasteiger partial charge in [0, 0.05) is 38.6 Å². The largest absolute Gasteiger partial charge is 0.444 e. The number of unbranched alkanes of at least 4 members (excludes halogenated alkanes) is 2. The molecule has 1 aromatic rings. The van der Waals surface area contributed by atoms with Crippen LogP contribution in [0.4, 0.5) is 9.59 Å². The van der Waals surface area contributed by atoms with Crippen LogP contribution >= 0.6 is 0 Å². The standard InChI is InChI=1S/C32H51N3O8/c1-23(2)28(34-30(38)43-32(3,4)5)29(37)33-19-13-8-11-18-27(36)41-22-42-31(39)35-20-14-12-17-26(35)25(21-40-6)24-15-9-7-10-16-24/h7,9-10,15-16,23,25-26,28H,8,11-14,17-22H2,1-6H3,(H,33,37)(H,34,38). The monoisotopic (exact) mass is 605 g/mol. The van der Waals surface area contributed by atoms with E-state index in [4.69, 9.17) is 18.9 Å². The molecule has 1 saturated heterocycles. The fourth-order valence-corrected chi connectivity index (χ4v) is 5.07. The first-order valence-corrected chi connectivity index (χ1v) is 15.3.